The van der Waals surface area contributed by atoms with E-state index in [1.165, 1.54) is 24.3 Å². The Morgan fingerprint density at radius 1 is 1.67 bits per heavy atom. The van der Waals surface area contributed by atoms with Crippen molar-refractivity contribution in [3.8, 4) is 0 Å². The number of rotatable bonds is 3. The van der Waals surface area contributed by atoms with Crippen LogP contribution in [0.4, 0.5) is 0 Å². The highest BCUT2D eigenvalue weighted by molar-refractivity contribution is 7.11. The Morgan fingerprint density at radius 3 is 3.08 bits per heavy atom. The second-order valence-electron chi connectivity index (χ2n) is 3.16. The van der Waals surface area contributed by atoms with Crippen LogP contribution in [0.15, 0.2) is 6.20 Å². The van der Waals surface area contributed by atoms with Gasteiger partial charge in [-0.05, 0) is 12.8 Å². The lowest BCUT2D eigenvalue weighted by Crippen LogP contribution is -2.07. The summed E-state index contributed by atoms with van der Waals surface area (Å²) < 4.78 is 0. The van der Waals surface area contributed by atoms with Gasteiger partial charge in [0.2, 0.25) is 0 Å². The van der Waals surface area contributed by atoms with Crippen LogP contribution in [-0.2, 0) is 11.2 Å². The Labute approximate surface area is 75.6 Å². The van der Waals surface area contributed by atoms with Gasteiger partial charge in [-0.15, -0.1) is 11.3 Å². The van der Waals surface area contributed by atoms with Crippen molar-refractivity contribution in [3.63, 3.8) is 0 Å². The Kier molecular flexibility index (Phi) is 2.21. The van der Waals surface area contributed by atoms with Gasteiger partial charge in [-0.25, -0.2) is 4.98 Å². The summed E-state index contributed by atoms with van der Waals surface area (Å²) >= 11 is 1.70. The molecule has 64 valence electrons. The van der Waals surface area contributed by atoms with Gasteiger partial charge in [-0.1, -0.05) is 6.42 Å². The predicted octanol–water partition coefficient (Wildman–Crippen LogP) is 2.15. The van der Waals surface area contributed by atoms with E-state index < -0.39 is 0 Å². The highest BCUT2D eigenvalue weighted by Gasteiger charge is 2.22. The van der Waals surface area contributed by atoms with E-state index in [0.717, 1.165) is 11.2 Å². The summed E-state index contributed by atoms with van der Waals surface area (Å²) in [5.74, 6) is 0.704. The molecule has 0 amide bonds. The van der Waals surface area contributed by atoms with E-state index in [-0.39, 0.29) is 0 Å². The molecule has 0 spiro atoms. The second kappa shape index (κ2) is 3.35. The molecule has 2 nitrogen and oxygen atoms in total. The van der Waals surface area contributed by atoms with Crippen LogP contribution >= 0.6 is 11.3 Å². The van der Waals surface area contributed by atoms with Crippen molar-refractivity contribution in [2.75, 3.05) is 0 Å². The SMILES string of the molecule is O=CCc1cnc(C2CCC2)s1. The van der Waals surface area contributed by atoms with E-state index >= 15 is 0 Å². The van der Waals surface area contributed by atoms with Crippen LogP contribution in [0.5, 0.6) is 0 Å². The van der Waals surface area contributed by atoms with Gasteiger partial charge in [0, 0.05) is 23.4 Å². The molecule has 0 bridgehead atoms. The third-order valence-corrected chi connectivity index (χ3v) is 3.49. The topological polar surface area (TPSA) is 30.0 Å². The van der Waals surface area contributed by atoms with E-state index in [4.69, 9.17) is 0 Å². The molecule has 0 N–H and O–H groups in total. The first kappa shape index (κ1) is 7.92. The first-order valence-electron chi connectivity index (χ1n) is 4.28. The highest BCUT2D eigenvalue weighted by atomic mass is 32.1. The molecule has 2 rings (SSSR count). The summed E-state index contributed by atoms with van der Waals surface area (Å²) in [5, 5.41) is 1.23. The zero-order valence-electron chi connectivity index (χ0n) is 6.82. The number of hydrogen-bond acceptors (Lipinski definition) is 3. The minimum absolute atomic E-state index is 0.532. The van der Waals surface area contributed by atoms with Crippen molar-refractivity contribution in [3.05, 3.63) is 16.1 Å². The lowest BCUT2D eigenvalue weighted by atomic mass is 9.86. The third-order valence-electron chi connectivity index (χ3n) is 2.31. The fraction of sp³-hybridized carbons (Fsp3) is 0.556. The molecule has 1 aromatic rings. The van der Waals surface area contributed by atoms with E-state index in [1.807, 2.05) is 6.20 Å². The number of nitrogens with zero attached hydrogens (tertiary/aromatic N) is 1. The molecule has 12 heavy (non-hydrogen) atoms. The lowest BCUT2D eigenvalue weighted by Gasteiger charge is -2.22. The summed E-state index contributed by atoms with van der Waals surface area (Å²) in [6, 6.07) is 0. The maximum Gasteiger partial charge on any atom is 0.125 e. The van der Waals surface area contributed by atoms with E-state index in [9.17, 15) is 4.79 Å². The average molecular weight is 181 g/mol. The van der Waals surface area contributed by atoms with Crippen molar-refractivity contribution in [1.29, 1.82) is 0 Å². The summed E-state index contributed by atoms with van der Waals surface area (Å²) in [5.41, 5.74) is 0. The number of hydrogen-bond donors (Lipinski definition) is 0. The zero-order valence-corrected chi connectivity index (χ0v) is 7.64. The van der Waals surface area contributed by atoms with Gasteiger partial charge in [0.05, 0.1) is 5.01 Å². The van der Waals surface area contributed by atoms with Crippen molar-refractivity contribution in [1.82, 2.24) is 4.98 Å². The fourth-order valence-corrected chi connectivity index (χ4v) is 2.38. The van der Waals surface area contributed by atoms with Crippen molar-refractivity contribution >= 4 is 17.6 Å². The van der Waals surface area contributed by atoms with Gasteiger partial charge in [0.15, 0.2) is 0 Å². The van der Waals surface area contributed by atoms with Gasteiger partial charge >= 0.3 is 0 Å². The van der Waals surface area contributed by atoms with E-state index in [0.29, 0.717) is 12.3 Å². The van der Waals surface area contributed by atoms with Gasteiger partial charge in [0.25, 0.3) is 0 Å². The Bertz CT molecular complexity index is 278. The molecule has 1 saturated carbocycles. The number of carbonyl (C=O) groups is 1. The second-order valence-corrected chi connectivity index (χ2v) is 4.31. The minimum Gasteiger partial charge on any atom is -0.303 e. The Balaban J connectivity index is 2.07. The standard InChI is InChI=1S/C9H11NOS/c11-5-4-8-6-10-9(12-8)7-2-1-3-7/h5-7H,1-4H2. The average Bonchev–Trinajstić information content (AvgIpc) is 2.34. The number of thiazole rings is 1. The molecule has 1 fully saturated rings. The first-order valence-corrected chi connectivity index (χ1v) is 5.10. The Morgan fingerprint density at radius 2 is 2.50 bits per heavy atom. The van der Waals surface area contributed by atoms with Gasteiger partial charge in [0.1, 0.15) is 6.29 Å². The molecular formula is C9H11NOS. The molecule has 1 heterocycles. The van der Waals surface area contributed by atoms with Crippen LogP contribution in [0.25, 0.3) is 0 Å². The fourth-order valence-electron chi connectivity index (χ4n) is 1.34. The van der Waals surface area contributed by atoms with Gasteiger partial charge in [-0.2, -0.15) is 0 Å². The van der Waals surface area contributed by atoms with Crippen LogP contribution in [0.1, 0.15) is 35.1 Å². The molecular weight excluding hydrogens is 170 g/mol. The van der Waals surface area contributed by atoms with E-state index in [1.54, 1.807) is 11.3 Å². The molecule has 0 radical (unpaired) electrons. The summed E-state index contributed by atoms with van der Waals surface area (Å²) in [6.07, 6.45) is 7.23. The lowest BCUT2D eigenvalue weighted by molar-refractivity contribution is -0.107. The van der Waals surface area contributed by atoms with Crippen LogP contribution in [0, 0.1) is 0 Å². The monoisotopic (exact) mass is 181 g/mol. The van der Waals surface area contributed by atoms with E-state index in [2.05, 4.69) is 4.98 Å². The van der Waals surface area contributed by atoms with Crippen LogP contribution < -0.4 is 0 Å². The van der Waals surface area contributed by atoms with Crippen LogP contribution in [0.2, 0.25) is 0 Å². The minimum atomic E-state index is 0.532. The third kappa shape index (κ3) is 1.41. The molecule has 0 aliphatic heterocycles. The quantitative estimate of drug-likeness (QED) is 0.669. The molecule has 0 aromatic carbocycles. The maximum atomic E-state index is 10.2. The molecule has 0 atom stereocenters. The largest absolute Gasteiger partial charge is 0.303 e. The smallest absolute Gasteiger partial charge is 0.125 e. The zero-order chi connectivity index (χ0) is 8.39. The molecule has 0 saturated heterocycles. The Hall–Kier alpha value is -0.700. The molecule has 1 aromatic heterocycles. The van der Waals surface area contributed by atoms with Crippen LogP contribution in [-0.4, -0.2) is 11.3 Å². The summed E-state index contributed by atoms with van der Waals surface area (Å²) in [7, 11) is 0. The number of aromatic nitrogens is 1. The van der Waals surface area contributed by atoms with Crippen molar-refractivity contribution in [2.24, 2.45) is 0 Å². The van der Waals surface area contributed by atoms with Gasteiger partial charge in [-0.3, -0.25) is 0 Å². The van der Waals surface area contributed by atoms with Crippen molar-refractivity contribution in [2.45, 2.75) is 31.6 Å². The van der Waals surface area contributed by atoms with Crippen LogP contribution in [0.3, 0.4) is 0 Å². The molecule has 1 aliphatic carbocycles. The highest BCUT2D eigenvalue weighted by Crippen LogP contribution is 2.38. The van der Waals surface area contributed by atoms with Crippen molar-refractivity contribution < 1.29 is 4.79 Å². The molecule has 1 aliphatic rings. The summed E-state index contributed by atoms with van der Waals surface area (Å²) in [4.78, 5) is 15.6. The molecule has 0 unspecified atom stereocenters. The predicted molar refractivity (Wildman–Crippen MR) is 48.5 cm³/mol. The normalized spacial score (nSPS) is 17.3. The number of aldehydes is 1. The maximum absolute atomic E-state index is 10.2. The number of carbonyl (C=O) groups excluding carboxylic acids is 1. The first-order chi connectivity index (χ1) is 5.90. The summed E-state index contributed by atoms with van der Waals surface area (Å²) in [6.45, 7) is 0. The van der Waals surface area contributed by atoms with Gasteiger partial charge < -0.3 is 4.79 Å². The molecule has 3 heteroatoms.